The molecular formula is C15H16F2N2. The van der Waals surface area contributed by atoms with Crippen molar-refractivity contribution in [1.29, 1.82) is 0 Å². The molecule has 0 saturated carbocycles. The van der Waals surface area contributed by atoms with Crippen LogP contribution in [-0.4, -0.2) is 11.5 Å². The third-order valence-electron chi connectivity index (χ3n) is 2.96. The van der Waals surface area contributed by atoms with Gasteiger partial charge in [0.2, 0.25) is 0 Å². The van der Waals surface area contributed by atoms with Crippen molar-refractivity contribution in [2.45, 2.75) is 18.9 Å². The van der Waals surface area contributed by atoms with Gasteiger partial charge in [0.1, 0.15) is 0 Å². The molecule has 0 fully saturated rings. The van der Waals surface area contributed by atoms with Gasteiger partial charge in [0.25, 0.3) is 5.92 Å². The highest BCUT2D eigenvalue weighted by atomic mass is 19.3. The van der Waals surface area contributed by atoms with E-state index in [4.69, 9.17) is 0 Å². The Morgan fingerprint density at radius 2 is 1.79 bits per heavy atom. The van der Waals surface area contributed by atoms with Gasteiger partial charge in [0, 0.05) is 17.8 Å². The third kappa shape index (κ3) is 3.58. The lowest BCUT2D eigenvalue weighted by Crippen LogP contribution is -2.32. The molecular weight excluding hydrogens is 246 g/mol. The molecule has 0 radical (unpaired) electrons. The molecule has 0 aliphatic carbocycles. The molecule has 1 aromatic carbocycles. The Balaban J connectivity index is 1.99. The highest BCUT2D eigenvalue weighted by molar-refractivity contribution is 5.20. The first-order valence-electron chi connectivity index (χ1n) is 6.17. The van der Waals surface area contributed by atoms with Crippen LogP contribution in [0.3, 0.4) is 0 Å². The van der Waals surface area contributed by atoms with Crippen LogP contribution >= 0.6 is 0 Å². The number of hydrogen-bond acceptors (Lipinski definition) is 2. The van der Waals surface area contributed by atoms with Crippen LogP contribution in [-0.2, 0) is 5.92 Å². The fraction of sp³-hybridized carbons (Fsp3) is 0.267. The van der Waals surface area contributed by atoms with Gasteiger partial charge < -0.3 is 5.32 Å². The Labute approximate surface area is 111 Å². The quantitative estimate of drug-likeness (QED) is 0.891. The van der Waals surface area contributed by atoms with E-state index in [1.165, 1.54) is 12.1 Å². The van der Waals surface area contributed by atoms with Gasteiger partial charge in [-0.2, -0.15) is 8.78 Å². The first kappa shape index (κ1) is 13.6. The maximum atomic E-state index is 13.9. The monoisotopic (exact) mass is 262 g/mol. The molecule has 0 saturated heterocycles. The minimum absolute atomic E-state index is 0.0238. The lowest BCUT2D eigenvalue weighted by Gasteiger charge is -2.20. The molecule has 1 heterocycles. The molecule has 0 aliphatic rings. The average Bonchev–Trinajstić information content (AvgIpc) is 2.47. The van der Waals surface area contributed by atoms with Gasteiger partial charge in [-0.3, -0.25) is 4.98 Å². The number of halogens is 2. The number of nitrogens with zero attached hydrogens (tertiary/aromatic N) is 1. The Morgan fingerprint density at radius 3 is 2.42 bits per heavy atom. The zero-order chi connectivity index (χ0) is 13.7. The predicted molar refractivity (Wildman–Crippen MR) is 71.0 cm³/mol. The molecule has 1 N–H and O–H groups in total. The van der Waals surface area contributed by atoms with Crippen LogP contribution in [0.4, 0.5) is 8.78 Å². The van der Waals surface area contributed by atoms with Crippen LogP contribution in [0.15, 0.2) is 54.7 Å². The molecule has 4 heteroatoms. The smallest absolute Gasteiger partial charge is 0.285 e. The van der Waals surface area contributed by atoms with E-state index < -0.39 is 12.5 Å². The molecule has 2 rings (SSSR count). The number of alkyl halides is 2. The second-order valence-electron chi connectivity index (χ2n) is 4.43. The summed E-state index contributed by atoms with van der Waals surface area (Å²) < 4.78 is 27.9. The van der Waals surface area contributed by atoms with E-state index in [0.717, 1.165) is 5.69 Å². The minimum atomic E-state index is -2.88. The second-order valence-corrected chi connectivity index (χ2v) is 4.43. The highest BCUT2D eigenvalue weighted by Crippen LogP contribution is 2.27. The molecule has 1 atom stereocenters. The van der Waals surface area contributed by atoms with E-state index in [0.29, 0.717) is 0 Å². The normalized spacial score (nSPS) is 13.2. The average molecular weight is 262 g/mol. The van der Waals surface area contributed by atoms with Crippen molar-refractivity contribution < 1.29 is 8.78 Å². The molecule has 1 aromatic heterocycles. The van der Waals surface area contributed by atoms with Crippen molar-refractivity contribution in [2.24, 2.45) is 0 Å². The summed E-state index contributed by atoms with van der Waals surface area (Å²) in [5.41, 5.74) is 0.780. The van der Waals surface area contributed by atoms with Gasteiger partial charge in [-0.15, -0.1) is 0 Å². The molecule has 0 spiro atoms. The van der Waals surface area contributed by atoms with Crippen molar-refractivity contribution in [3.8, 4) is 0 Å². The van der Waals surface area contributed by atoms with Crippen LogP contribution in [0.25, 0.3) is 0 Å². The first-order chi connectivity index (χ1) is 9.09. The lowest BCUT2D eigenvalue weighted by atomic mass is 10.1. The van der Waals surface area contributed by atoms with Crippen LogP contribution in [0.5, 0.6) is 0 Å². The molecule has 100 valence electrons. The van der Waals surface area contributed by atoms with E-state index in [2.05, 4.69) is 10.3 Å². The Hall–Kier alpha value is -1.81. The van der Waals surface area contributed by atoms with Gasteiger partial charge in [-0.1, -0.05) is 36.4 Å². The van der Waals surface area contributed by atoms with E-state index in [9.17, 15) is 8.78 Å². The summed E-state index contributed by atoms with van der Waals surface area (Å²) in [6.45, 7) is 1.41. The zero-order valence-corrected chi connectivity index (χ0v) is 10.7. The number of nitrogens with one attached hydrogen (secondary N) is 1. The van der Waals surface area contributed by atoms with Crippen molar-refractivity contribution >= 4 is 0 Å². The largest absolute Gasteiger partial charge is 0.303 e. The zero-order valence-electron chi connectivity index (χ0n) is 10.7. The predicted octanol–water partition coefficient (Wildman–Crippen LogP) is 3.52. The van der Waals surface area contributed by atoms with Crippen LogP contribution in [0.1, 0.15) is 24.2 Å². The Kier molecular flexibility index (Phi) is 4.22. The van der Waals surface area contributed by atoms with E-state index in [-0.39, 0.29) is 11.6 Å². The molecule has 1 unspecified atom stereocenters. The topological polar surface area (TPSA) is 24.9 Å². The fourth-order valence-corrected chi connectivity index (χ4v) is 1.80. The summed E-state index contributed by atoms with van der Waals surface area (Å²) in [6.07, 6.45) is 1.66. The van der Waals surface area contributed by atoms with E-state index in [1.54, 1.807) is 30.5 Å². The standard InChI is InChI=1S/C15H16F2N2/c1-12(14-9-5-6-10-18-14)19-11-15(16,17)13-7-3-2-4-8-13/h2-10,12,19H,11H2,1H3. The van der Waals surface area contributed by atoms with Crippen molar-refractivity contribution in [2.75, 3.05) is 6.54 Å². The van der Waals surface area contributed by atoms with Gasteiger partial charge in [0.15, 0.2) is 0 Å². The summed E-state index contributed by atoms with van der Waals surface area (Å²) >= 11 is 0. The molecule has 0 amide bonds. The lowest BCUT2D eigenvalue weighted by molar-refractivity contribution is -0.00543. The number of hydrogen-bond donors (Lipinski definition) is 1. The highest BCUT2D eigenvalue weighted by Gasteiger charge is 2.31. The SMILES string of the molecule is CC(NCC(F)(F)c1ccccc1)c1ccccn1. The summed E-state index contributed by atoms with van der Waals surface area (Å²) in [5.74, 6) is -2.88. The first-order valence-corrected chi connectivity index (χ1v) is 6.17. The maximum Gasteiger partial charge on any atom is 0.285 e. The molecule has 2 nitrogen and oxygen atoms in total. The number of pyridine rings is 1. The van der Waals surface area contributed by atoms with Crippen molar-refractivity contribution in [3.05, 3.63) is 66.0 Å². The van der Waals surface area contributed by atoms with Gasteiger partial charge in [-0.05, 0) is 19.1 Å². The maximum absolute atomic E-state index is 13.9. The Morgan fingerprint density at radius 1 is 1.11 bits per heavy atom. The number of aromatic nitrogens is 1. The second kappa shape index (κ2) is 5.89. The van der Waals surface area contributed by atoms with Gasteiger partial charge in [-0.25, -0.2) is 0 Å². The summed E-state index contributed by atoms with van der Waals surface area (Å²) in [7, 11) is 0. The van der Waals surface area contributed by atoms with Crippen LogP contribution < -0.4 is 5.32 Å². The van der Waals surface area contributed by atoms with Crippen LogP contribution in [0.2, 0.25) is 0 Å². The Bertz CT molecular complexity index is 500. The summed E-state index contributed by atoms with van der Waals surface area (Å²) in [6, 6.07) is 13.1. The number of rotatable bonds is 5. The molecule has 19 heavy (non-hydrogen) atoms. The molecule has 0 aliphatic heterocycles. The van der Waals surface area contributed by atoms with Gasteiger partial charge >= 0.3 is 0 Å². The summed E-state index contributed by atoms with van der Waals surface area (Å²) in [4.78, 5) is 4.14. The molecule has 0 bridgehead atoms. The number of benzene rings is 1. The van der Waals surface area contributed by atoms with Crippen molar-refractivity contribution in [3.63, 3.8) is 0 Å². The minimum Gasteiger partial charge on any atom is -0.303 e. The fourth-order valence-electron chi connectivity index (χ4n) is 1.80. The third-order valence-corrected chi connectivity index (χ3v) is 2.96. The van der Waals surface area contributed by atoms with Crippen molar-refractivity contribution in [1.82, 2.24) is 10.3 Å². The summed E-state index contributed by atoms with van der Waals surface area (Å²) in [5, 5.41) is 2.83. The van der Waals surface area contributed by atoms with E-state index in [1.807, 2.05) is 19.1 Å². The van der Waals surface area contributed by atoms with Crippen LogP contribution in [0, 0.1) is 0 Å². The van der Waals surface area contributed by atoms with Gasteiger partial charge in [0.05, 0.1) is 12.2 Å². The molecule has 2 aromatic rings. The van der Waals surface area contributed by atoms with E-state index >= 15 is 0 Å².